The molecule has 0 aliphatic rings. The van der Waals surface area contributed by atoms with E-state index in [9.17, 15) is 14.7 Å². The third-order valence-corrected chi connectivity index (χ3v) is 2.86. The number of hydrogen-bond donors (Lipinski definition) is 1. The smallest absolute Gasteiger partial charge is 0.337 e. The van der Waals surface area contributed by atoms with Gasteiger partial charge in [-0.2, -0.15) is 0 Å². The maximum atomic E-state index is 11.6. The normalized spacial score (nSPS) is 11.1. The molecule has 0 heterocycles. The lowest BCUT2D eigenvalue weighted by atomic mass is 9.96. The maximum absolute atomic E-state index is 11.6. The summed E-state index contributed by atoms with van der Waals surface area (Å²) in [5.41, 5.74) is 0.546. The number of hydrogen-bond acceptors (Lipinski definition) is 5. The Bertz CT molecular complexity index is 465. The lowest BCUT2D eigenvalue weighted by Gasteiger charge is -2.17. The summed E-state index contributed by atoms with van der Waals surface area (Å²) >= 11 is 0. The molecule has 0 radical (unpaired) electrons. The van der Waals surface area contributed by atoms with Crippen molar-refractivity contribution in [3.05, 3.63) is 34.9 Å². The Balaban J connectivity index is 3.10. The SMILES string of the molecule is COC(=O)c1cc(CCC(C)(C)O)cc(C(=O)OC)c1. The number of ether oxygens (including phenoxy) is 2. The molecule has 0 aromatic heterocycles. The predicted molar refractivity (Wildman–Crippen MR) is 73.7 cm³/mol. The molecule has 1 rings (SSSR count). The van der Waals surface area contributed by atoms with E-state index in [0.717, 1.165) is 5.56 Å². The number of rotatable bonds is 5. The van der Waals surface area contributed by atoms with Gasteiger partial charge in [-0.15, -0.1) is 0 Å². The summed E-state index contributed by atoms with van der Waals surface area (Å²) in [7, 11) is 2.56. The predicted octanol–water partition coefficient (Wildman–Crippen LogP) is 1.96. The minimum absolute atomic E-state index is 0.293. The van der Waals surface area contributed by atoms with Gasteiger partial charge < -0.3 is 14.6 Å². The van der Waals surface area contributed by atoms with Crippen molar-refractivity contribution < 1.29 is 24.2 Å². The van der Waals surface area contributed by atoms with E-state index >= 15 is 0 Å². The van der Waals surface area contributed by atoms with Crippen LogP contribution in [0.3, 0.4) is 0 Å². The molecule has 0 amide bonds. The van der Waals surface area contributed by atoms with Gasteiger partial charge in [-0.3, -0.25) is 0 Å². The summed E-state index contributed by atoms with van der Waals surface area (Å²) in [6, 6.07) is 4.75. The number of aliphatic hydroxyl groups is 1. The molecule has 0 fully saturated rings. The van der Waals surface area contributed by atoms with Crippen molar-refractivity contribution in [2.75, 3.05) is 14.2 Å². The Labute approximate surface area is 118 Å². The molecule has 5 heteroatoms. The van der Waals surface area contributed by atoms with Crippen LogP contribution in [0.25, 0.3) is 0 Å². The molecule has 1 aromatic carbocycles. The number of aryl methyl sites for hydroxylation is 1. The molecule has 0 atom stereocenters. The first-order chi connectivity index (χ1) is 9.26. The quantitative estimate of drug-likeness (QED) is 0.835. The average molecular weight is 280 g/mol. The van der Waals surface area contributed by atoms with Crippen LogP contribution >= 0.6 is 0 Å². The first-order valence-corrected chi connectivity index (χ1v) is 6.30. The average Bonchev–Trinajstić information content (AvgIpc) is 2.42. The molecule has 0 spiro atoms. The first kappa shape index (κ1) is 16.2. The van der Waals surface area contributed by atoms with Crippen LogP contribution < -0.4 is 0 Å². The van der Waals surface area contributed by atoms with E-state index in [1.807, 2.05) is 0 Å². The maximum Gasteiger partial charge on any atom is 0.337 e. The fourth-order valence-electron chi connectivity index (χ4n) is 1.76. The third kappa shape index (κ3) is 4.66. The Morgan fingerprint density at radius 3 is 1.85 bits per heavy atom. The van der Waals surface area contributed by atoms with E-state index in [0.29, 0.717) is 24.0 Å². The van der Waals surface area contributed by atoms with Gasteiger partial charge in [0, 0.05) is 0 Å². The van der Waals surface area contributed by atoms with Crippen molar-refractivity contribution in [1.82, 2.24) is 0 Å². The first-order valence-electron chi connectivity index (χ1n) is 6.30. The third-order valence-electron chi connectivity index (χ3n) is 2.86. The molecule has 0 aliphatic carbocycles. The fourth-order valence-corrected chi connectivity index (χ4v) is 1.76. The summed E-state index contributed by atoms with van der Waals surface area (Å²) in [6.07, 6.45) is 1.05. The van der Waals surface area contributed by atoms with Crippen LogP contribution in [0.5, 0.6) is 0 Å². The molecular weight excluding hydrogens is 260 g/mol. The largest absolute Gasteiger partial charge is 0.465 e. The highest BCUT2D eigenvalue weighted by molar-refractivity contribution is 5.95. The Morgan fingerprint density at radius 1 is 1.05 bits per heavy atom. The van der Waals surface area contributed by atoms with Crippen LogP contribution in [0.4, 0.5) is 0 Å². The number of methoxy groups -OCH3 is 2. The van der Waals surface area contributed by atoms with E-state index in [4.69, 9.17) is 0 Å². The second-order valence-electron chi connectivity index (χ2n) is 5.21. The minimum atomic E-state index is -0.813. The summed E-state index contributed by atoms with van der Waals surface area (Å²) in [4.78, 5) is 23.2. The fraction of sp³-hybridized carbons (Fsp3) is 0.467. The molecule has 5 nitrogen and oxygen atoms in total. The Morgan fingerprint density at radius 2 is 1.50 bits per heavy atom. The minimum Gasteiger partial charge on any atom is -0.465 e. The lowest BCUT2D eigenvalue weighted by Crippen LogP contribution is -2.19. The van der Waals surface area contributed by atoms with Gasteiger partial charge in [-0.25, -0.2) is 9.59 Å². The standard InChI is InChI=1S/C15H20O5/c1-15(2,18)6-5-10-7-11(13(16)19-3)9-12(8-10)14(17)20-4/h7-9,18H,5-6H2,1-4H3. The molecule has 1 N–H and O–H groups in total. The van der Waals surface area contributed by atoms with Crippen molar-refractivity contribution in [2.24, 2.45) is 0 Å². The lowest BCUT2D eigenvalue weighted by molar-refractivity contribution is 0.0599. The Kier molecular flexibility index (Phi) is 5.27. The highest BCUT2D eigenvalue weighted by atomic mass is 16.5. The molecular formula is C15H20O5. The van der Waals surface area contributed by atoms with Gasteiger partial charge in [0.1, 0.15) is 0 Å². The zero-order valence-electron chi connectivity index (χ0n) is 12.2. The highest BCUT2D eigenvalue weighted by Crippen LogP contribution is 2.17. The summed E-state index contributed by atoms with van der Waals surface area (Å²) in [5, 5.41) is 9.75. The van der Waals surface area contributed by atoms with E-state index in [2.05, 4.69) is 9.47 Å². The van der Waals surface area contributed by atoms with E-state index in [-0.39, 0.29) is 0 Å². The zero-order valence-corrected chi connectivity index (χ0v) is 12.2. The van der Waals surface area contributed by atoms with Crippen LogP contribution in [0.1, 0.15) is 46.5 Å². The van der Waals surface area contributed by atoms with Crippen LogP contribution in [0, 0.1) is 0 Å². The van der Waals surface area contributed by atoms with Crippen LogP contribution in [0.2, 0.25) is 0 Å². The van der Waals surface area contributed by atoms with Crippen molar-refractivity contribution in [1.29, 1.82) is 0 Å². The van der Waals surface area contributed by atoms with Gasteiger partial charge in [0.15, 0.2) is 0 Å². The Hall–Kier alpha value is -1.88. The summed E-state index contributed by atoms with van der Waals surface area (Å²) in [6.45, 7) is 3.41. The monoisotopic (exact) mass is 280 g/mol. The molecule has 0 saturated heterocycles. The van der Waals surface area contributed by atoms with Crippen LogP contribution in [-0.2, 0) is 15.9 Å². The topological polar surface area (TPSA) is 72.8 Å². The number of carbonyl (C=O) groups is 2. The zero-order chi connectivity index (χ0) is 15.3. The van der Waals surface area contributed by atoms with E-state index in [1.165, 1.54) is 20.3 Å². The number of esters is 2. The van der Waals surface area contributed by atoms with Crippen molar-refractivity contribution in [2.45, 2.75) is 32.3 Å². The molecule has 1 aromatic rings. The van der Waals surface area contributed by atoms with Crippen molar-refractivity contribution >= 4 is 11.9 Å². The molecule has 110 valence electrons. The molecule has 0 saturated carbocycles. The van der Waals surface area contributed by atoms with Gasteiger partial charge in [-0.05, 0) is 50.5 Å². The molecule has 0 unspecified atom stereocenters. The van der Waals surface area contributed by atoms with Crippen LogP contribution in [0.15, 0.2) is 18.2 Å². The van der Waals surface area contributed by atoms with Gasteiger partial charge in [0.25, 0.3) is 0 Å². The second kappa shape index (κ2) is 6.52. The van der Waals surface area contributed by atoms with Gasteiger partial charge >= 0.3 is 11.9 Å². The highest BCUT2D eigenvalue weighted by Gasteiger charge is 2.16. The van der Waals surface area contributed by atoms with Gasteiger partial charge in [-0.1, -0.05) is 0 Å². The summed E-state index contributed by atoms with van der Waals surface area (Å²) in [5.74, 6) is -1.03. The van der Waals surface area contributed by atoms with E-state index in [1.54, 1.807) is 26.0 Å². The molecule has 0 bridgehead atoms. The van der Waals surface area contributed by atoms with Gasteiger partial charge in [0.05, 0.1) is 30.9 Å². The van der Waals surface area contributed by atoms with Crippen molar-refractivity contribution in [3.8, 4) is 0 Å². The summed E-state index contributed by atoms with van der Waals surface area (Å²) < 4.78 is 9.33. The van der Waals surface area contributed by atoms with E-state index < -0.39 is 17.5 Å². The van der Waals surface area contributed by atoms with Crippen LogP contribution in [-0.4, -0.2) is 36.9 Å². The number of carbonyl (C=O) groups excluding carboxylic acids is 2. The molecule has 20 heavy (non-hydrogen) atoms. The number of benzene rings is 1. The molecule has 0 aliphatic heterocycles. The van der Waals surface area contributed by atoms with Gasteiger partial charge in [0.2, 0.25) is 0 Å². The van der Waals surface area contributed by atoms with Crippen molar-refractivity contribution in [3.63, 3.8) is 0 Å². The second-order valence-corrected chi connectivity index (χ2v) is 5.21.